The fourth-order valence-electron chi connectivity index (χ4n) is 1.18. The van der Waals surface area contributed by atoms with Crippen molar-refractivity contribution in [3.63, 3.8) is 0 Å². The number of benzene rings is 1. The number of nitrogens with zero attached hydrogens (tertiary/aromatic N) is 1. The van der Waals surface area contributed by atoms with Crippen molar-refractivity contribution < 1.29 is 9.13 Å². The first-order valence-corrected chi connectivity index (χ1v) is 5.77. The highest BCUT2D eigenvalue weighted by Crippen LogP contribution is 2.31. The Morgan fingerprint density at radius 2 is 2.12 bits per heavy atom. The van der Waals surface area contributed by atoms with E-state index in [2.05, 4.69) is 20.9 Å². The van der Waals surface area contributed by atoms with Gasteiger partial charge in [0.05, 0.1) is 5.02 Å². The van der Waals surface area contributed by atoms with Crippen LogP contribution < -0.4 is 10.5 Å². The lowest BCUT2D eigenvalue weighted by molar-refractivity contribution is 0.422. The van der Waals surface area contributed by atoms with Crippen molar-refractivity contribution >= 4 is 33.2 Å². The molecule has 1 aromatic carbocycles. The van der Waals surface area contributed by atoms with E-state index in [1.165, 1.54) is 18.3 Å². The first kappa shape index (κ1) is 12.1. The molecule has 0 atom stereocenters. The number of ether oxygens (including phenoxy) is 1. The van der Waals surface area contributed by atoms with Crippen LogP contribution in [0.2, 0.25) is 5.02 Å². The molecule has 0 aliphatic heterocycles. The summed E-state index contributed by atoms with van der Waals surface area (Å²) in [5.74, 6) is -0.473. The number of halogens is 3. The lowest BCUT2D eigenvalue weighted by Crippen LogP contribution is -1.94. The molecule has 0 fully saturated rings. The monoisotopic (exact) mass is 316 g/mol. The highest BCUT2D eigenvalue weighted by Gasteiger charge is 2.10. The van der Waals surface area contributed by atoms with Gasteiger partial charge >= 0.3 is 0 Å². The molecule has 0 saturated heterocycles. The number of aromatic nitrogens is 1. The van der Waals surface area contributed by atoms with Gasteiger partial charge in [-0.05, 0) is 34.1 Å². The fraction of sp³-hybridized carbons (Fsp3) is 0. The molecule has 0 spiro atoms. The summed E-state index contributed by atoms with van der Waals surface area (Å²) in [4.78, 5) is 3.80. The van der Waals surface area contributed by atoms with Gasteiger partial charge in [0.25, 0.3) is 5.88 Å². The van der Waals surface area contributed by atoms with Crippen molar-refractivity contribution in [1.82, 2.24) is 4.98 Å². The van der Waals surface area contributed by atoms with Crippen molar-refractivity contribution in [3.05, 3.63) is 45.8 Å². The van der Waals surface area contributed by atoms with Crippen LogP contribution in [-0.4, -0.2) is 4.98 Å². The molecule has 6 heteroatoms. The largest absolute Gasteiger partial charge is 0.435 e. The van der Waals surface area contributed by atoms with Crippen molar-refractivity contribution in [2.45, 2.75) is 0 Å². The number of nitrogens with two attached hydrogens (primary N) is 1. The van der Waals surface area contributed by atoms with Gasteiger partial charge in [0, 0.05) is 22.4 Å². The van der Waals surface area contributed by atoms with E-state index in [1.54, 1.807) is 12.1 Å². The molecule has 0 unspecified atom stereocenters. The van der Waals surface area contributed by atoms with Crippen LogP contribution in [0.5, 0.6) is 11.6 Å². The number of hydrogen-bond donors (Lipinski definition) is 1. The fourth-order valence-corrected chi connectivity index (χ4v) is 1.64. The lowest BCUT2D eigenvalue weighted by atomic mass is 10.3. The smallest absolute Gasteiger partial charge is 0.255 e. The van der Waals surface area contributed by atoms with E-state index in [0.717, 1.165) is 0 Å². The van der Waals surface area contributed by atoms with E-state index in [4.69, 9.17) is 22.1 Å². The second-order valence-electron chi connectivity index (χ2n) is 3.23. The van der Waals surface area contributed by atoms with Gasteiger partial charge in [0.2, 0.25) is 0 Å². The minimum Gasteiger partial charge on any atom is -0.435 e. The summed E-state index contributed by atoms with van der Waals surface area (Å²) >= 11 is 8.99. The second-order valence-corrected chi connectivity index (χ2v) is 4.56. The summed E-state index contributed by atoms with van der Waals surface area (Å²) in [5.41, 5.74) is 6.06. The zero-order valence-corrected chi connectivity index (χ0v) is 10.8. The highest BCUT2D eigenvalue weighted by molar-refractivity contribution is 9.10. The Morgan fingerprint density at radius 1 is 1.35 bits per heavy atom. The maximum atomic E-state index is 13.5. The van der Waals surface area contributed by atoms with Gasteiger partial charge in [-0.2, -0.15) is 0 Å². The first-order valence-electron chi connectivity index (χ1n) is 4.60. The van der Waals surface area contributed by atoms with Gasteiger partial charge in [-0.15, -0.1) is 0 Å². The number of hydrogen-bond acceptors (Lipinski definition) is 3. The van der Waals surface area contributed by atoms with Crippen LogP contribution >= 0.6 is 27.5 Å². The third-order valence-corrected chi connectivity index (χ3v) is 2.68. The second kappa shape index (κ2) is 4.89. The minimum absolute atomic E-state index is 0.152. The van der Waals surface area contributed by atoms with Gasteiger partial charge in [0.1, 0.15) is 5.75 Å². The summed E-state index contributed by atoms with van der Waals surface area (Å²) in [6, 6.07) is 5.96. The van der Waals surface area contributed by atoms with Crippen LogP contribution in [0.1, 0.15) is 0 Å². The van der Waals surface area contributed by atoms with Gasteiger partial charge in [-0.25, -0.2) is 9.37 Å². The van der Waals surface area contributed by atoms with Crippen LogP contribution in [0.15, 0.2) is 34.9 Å². The number of pyridine rings is 1. The van der Waals surface area contributed by atoms with Crippen molar-refractivity contribution in [2.24, 2.45) is 0 Å². The Bertz CT molecular complexity index is 565. The molecule has 2 rings (SSSR count). The number of nitrogen functional groups attached to an aromatic ring is 1. The van der Waals surface area contributed by atoms with Gasteiger partial charge < -0.3 is 10.5 Å². The Hall–Kier alpha value is -1.33. The number of anilines is 1. The Balaban J connectivity index is 2.34. The van der Waals surface area contributed by atoms with E-state index >= 15 is 0 Å². The molecule has 3 nitrogen and oxygen atoms in total. The third-order valence-electron chi connectivity index (χ3n) is 1.94. The summed E-state index contributed by atoms with van der Waals surface area (Å²) in [6.45, 7) is 0. The Morgan fingerprint density at radius 3 is 2.82 bits per heavy atom. The molecule has 2 N–H and O–H groups in total. The van der Waals surface area contributed by atoms with E-state index in [-0.39, 0.29) is 11.6 Å². The van der Waals surface area contributed by atoms with Crippen molar-refractivity contribution in [2.75, 3.05) is 5.73 Å². The maximum absolute atomic E-state index is 13.5. The lowest BCUT2D eigenvalue weighted by Gasteiger charge is -2.08. The van der Waals surface area contributed by atoms with E-state index < -0.39 is 5.82 Å². The Labute approximate surface area is 110 Å². The SMILES string of the molecule is Nc1ccc(Cl)c(Oc2ncc(Br)cc2F)c1. The summed E-state index contributed by atoms with van der Waals surface area (Å²) in [7, 11) is 0. The standard InChI is InChI=1S/C11H7BrClFN2O/c12-6-3-9(14)11(16-5-6)17-10-4-7(15)1-2-8(10)13/h1-5H,15H2. The van der Waals surface area contributed by atoms with Crippen LogP contribution in [0.4, 0.5) is 10.1 Å². The summed E-state index contributed by atoms with van der Waals surface area (Å²) in [6.07, 6.45) is 1.43. The average Bonchev–Trinajstić information content (AvgIpc) is 2.27. The molecule has 2 aromatic rings. The molecular weight excluding hydrogens is 310 g/mol. The molecule has 17 heavy (non-hydrogen) atoms. The molecule has 1 aromatic heterocycles. The van der Waals surface area contributed by atoms with Crippen LogP contribution in [0, 0.1) is 5.82 Å². The average molecular weight is 318 g/mol. The molecule has 0 amide bonds. The van der Waals surface area contributed by atoms with Crippen LogP contribution in [0.3, 0.4) is 0 Å². The molecule has 88 valence electrons. The zero-order chi connectivity index (χ0) is 12.4. The summed E-state index contributed by atoms with van der Waals surface area (Å²) in [5, 5.41) is 0.336. The maximum Gasteiger partial charge on any atom is 0.255 e. The van der Waals surface area contributed by atoms with Crippen molar-refractivity contribution in [3.8, 4) is 11.6 Å². The first-order chi connectivity index (χ1) is 8.06. The summed E-state index contributed by atoms with van der Waals surface area (Å²) < 4.78 is 19.3. The Kier molecular flexibility index (Phi) is 3.49. The predicted molar refractivity (Wildman–Crippen MR) is 67.8 cm³/mol. The minimum atomic E-state index is -0.585. The predicted octanol–water partition coefficient (Wildman–Crippen LogP) is 4.01. The molecule has 0 aliphatic carbocycles. The quantitative estimate of drug-likeness (QED) is 0.851. The molecular formula is C11H7BrClFN2O. The van der Waals surface area contributed by atoms with Gasteiger partial charge in [0.15, 0.2) is 5.82 Å². The molecule has 1 heterocycles. The number of rotatable bonds is 2. The molecule has 0 bridgehead atoms. The molecule has 0 aliphatic rings. The van der Waals surface area contributed by atoms with E-state index in [0.29, 0.717) is 15.2 Å². The van der Waals surface area contributed by atoms with Crippen LogP contribution in [-0.2, 0) is 0 Å². The van der Waals surface area contributed by atoms with Crippen LogP contribution in [0.25, 0.3) is 0 Å². The normalized spacial score (nSPS) is 10.3. The third kappa shape index (κ3) is 2.87. The van der Waals surface area contributed by atoms with Gasteiger partial charge in [-0.1, -0.05) is 11.6 Å². The highest BCUT2D eigenvalue weighted by atomic mass is 79.9. The van der Waals surface area contributed by atoms with Gasteiger partial charge in [-0.3, -0.25) is 0 Å². The zero-order valence-electron chi connectivity index (χ0n) is 8.45. The van der Waals surface area contributed by atoms with E-state index in [1.807, 2.05) is 0 Å². The molecule has 0 saturated carbocycles. The van der Waals surface area contributed by atoms with Crippen molar-refractivity contribution in [1.29, 1.82) is 0 Å². The van der Waals surface area contributed by atoms with E-state index in [9.17, 15) is 4.39 Å². The molecule has 0 radical (unpaired) electrons. The topological polar surface area (TPSA) is 48.1 Å².